The molecule has 0 bridgehead atoms. The number of rotatable bonds is 3. The van der Waals surface area contributed by atoms with Crippen LogP contribution in [0.1, 0.15) is 11.1 Å². The topological polar surface area (TPSA) is 48.5 Å². The largest absolute Gasteiger partial charge is 0.322 e. The number of carbonyl (C=O) groups is 1. The maximum atomic E-state index is 12.5. The first-order valence-corrected chi connectivity index (χ1v) is 9.36. The van der Waals surface area contributed by atoms with Gasteiger partial charge in [0.05, 0.1) is 5.52 Å². The van der Waals surface area contributed by atoms with Crippen LogP contribution in [-0.4, -0.2) is 47.0 Å². The fraction of sp³-hybridized carbons (Fsp3) is 0.273. The quantitative estimate of drug-likeness (QED) is 0.771. The lowest BCUT2D eigenvalue weighted by Gasteiger charge is -2.34. The van der Waals surface area contributed by atoms with E-state index in [0.29, 0.717) is 0 Å². The van der Waals surface area contributed by atoms with Gasteiger partial charge in [0.25, 0.3) is 0 Å². The highest BCUT2D eigenvalue weighted by Crippen LogP contribution is 2.16. The van der Waals surface area contributed by atoms with Gasteiger partial charge in [-0.15, -0.1) is 0 Å². The molecule has 0 radical (unpaired) electrons. The van der Waals surface area contributed by atoms with E-state index in [1.165, 1.54) is 16.5 Å². The highest BCUT2D eigenvalue weighted by Gasteiger charge is 2.21. The summed E-state index contributed by atoms with van der Waals surface area (Å²) in [6.07, 6.45) is 1.96. The van der Waals surface area contributed by atoms with Crippen LogP contribution in [0.4, 0.5) is 10.5 Å². The fourth-order valence-corrected chi connectivity index (χ4v) is 3.41. The molecule has 2 amide bonds. The molecular weight excluding hydrogens is 336 g/mol. The lowest BCUT2D eigenvalue weighted by Crippen LogP contribution is -2.49. The van der Waals surface area contributed by atoms with E-state index in [2.05, 4.69) is 27.3 Å². The van der Waals surface area contributed by atoms with Gasteiger partial charge in [-0.05, 0) is 36.8 Å². The van der Waals surface area contributed by atoms with Gasteiger partial charge in [-0.2, -0.15) is 0 Å². The molecule has 2 heterocycles. The van der Waals surface area contributed by atoms with E-state index < -0.39 is 0 Å². The Hall–Kier alpha value is -2.92. The van der Waals surface area contributed by atoms with Crippen LogP contribution in [0, 0.1) is 6.92 Å². The molecule has 138 valence electrons. The molecule has 1 N–H and O–H groups in total. The van der Waals surface area contributed by atoms with Crippen molar-refractivity contribution in [2.75, 3.05) is 31.5 Å². The number of anilines is 1. The Labute approximate surface area is 159 Å². The van der Waals surface area contributed by atoms with Crippen LogP contribution < -0.4 is 5.32 Å². The number of nitrogens with zero attached hydrogens (tertiary/aromatic N) is 3. The minimum atomic E-state index is -0.0223. The smallest absolute Gasteiger partial charge is 0.321 e. The van der Waals surface area contributed by atoms with Gasteiger partial charge in [0.2, 0.25) is 0 Å². The third kappa shape index (κ3) is 4.26. The zero-order chi connectivity index (χ0) is 18.6. The Morgan fingerprint density at radius 1 is 1.04 bits per heavy atom. The van der Waals surface area contributed by atoms with Gasteiger partial charge in [-0.25, -0.2) is 4.79 Å². The molecule has 2 aromatic carbocycles. The first-order chi connectivity index (χ1) is 13.2. The second-order valence-electron chi connectivity index (χ2n) is 7.10. The normalized spacial score (nSPS) is 15.1. The van der Waals surface area contributed by atoms with Crippen molar-refractivity contribution in [3.63, 3.8) is 0 Å². The molecule has 1 aliphatic rings. The fourth-order valence-electron chi connectivity index (χ4n) is 3.41. The molecule has 4 rings (SSSR count). The van der Waals surface area contributed by atoms with Crippen LogP contribution in [0.2, 0.25) is 0 Å². The Kier molecular flexibility index (Phi) is 5.03. The van der Waals surface area contributed by atoms with Crippen LogP contribution >= 0.6 is 0 Å². The van der Waals surface area contributed by atoms with Gasteiger partial charge in [0, 0.05) is 50.0 Å². The van der Waals surface area contributed by atoms with Crippen molar-refractivity contribution in [1.29, 1.82) is 0 Å². The summed E-state index contributed by atoms with van der Waals surface area (Å²) in [6, 6.07) is 18.3. The number of hydrogen-bond donors (Lipinski definition) is 1. The number of benzene rings is 2. The number of amides is 2. The van der Waals surface area contributed by atoms with Crippen LogP contribution in [0.3, 0.4) is 0 Å². The van der Waals surface area contributed by atoms with Crippen LogP contribution in [-0.2, 0) is 6.54 Å². The van der Waals surface area contributed by atoms with E-state index in [1.54, 1.807) is 0 Å². The standard InChI is InChI=1S/C22H24N4O/c1-17-6-8-20(9-7-17)24-22(27)26-12-10-25(11-13-26)16-18-14-19-4-2-3-5-21(19)23-15-18/h2-9,14-15H,10-13,16H2,1H3,(H,24,27). The molecule has 5 heteroatoms. The lowest BCUT2D eigenvalue weighted by atomic mass is 10.1. The predicted octanol–water partition coefficient (Wildman–Crippen LogP) is 3.89. The summed E-state index contributed by atoms with van der Waals surface area (Å²) in [7, 11) is 0. The number of fused-ring (bicyclic) bond motifs is 1. The summed E-state index contributed by atoms with van der Waals surface area (Å²) >= 11 is 0. The van der Waals surface area contributed by atoms with Crippen LogP contribution in [0.5, 0.6) is 0 Å². The summed E-state index contributed by atoms with van der Waals surface area (Å²) in [5.41, 5.74) is 4.27. The maximum absolute atomic E-state index is 12.5. The van der Waals surface area contributed by atoms with Crippen LogP contribution in [0.15, 0.2) is 60.8 Å². The third-order valence-electron chi connectivity index (χ3n) is 5.02. The van der Waals surface area contributed by atoms with E-state index in [4.69, 9.17) is 0 Å². The molecule has 27 heavy (non-hydrogen) atoms. The number of piperazine rings is 1. The van der Waals surface area contributed by atoms with Crippen molar-refractivity contribution < 1.29 is 4.79 Å². The zero-order valence-corrected chi connectivity index (χ0v) is 15.6. The number of urea groups is 1. The van der Waals surface area contributed by atoms with E-state index in [0.717, 1.165) is 43.9 Å². The third-order valence-corrected chi connectivity index (χ3v) is 5.02. The first kappa shape index (κ1) is 17.5. The average molecular weight is 360 g/mol. The van der Waals surface area contributed by atoms with E-state index in [-0.39, 0.29) is 6.03 Å². The molecule has 1 aliphatic heterocycles. The minimum Gasteiger partial charge on any atom is -0.322 e. The number of pyridine rings is 1. The molecular formula is C22H24N4O. The van der Waals surface area contributed by atoms with Crippen molar-refractivity contribution >= 4 is 22.6 Å². The number of hydrogen-bond acceptors (Lipinski definition) is 3. The Bertz CT molecular complexity index is 930. The number of carbonyl (C=O) groups excluding carboxylic acids is 1. The molecule has 0 atom stereocenters. The van der Waals surface area contributed by atoms with Crippen molar-refractivity contribution in [3.05, 3.63) is 71.9 Å². The number of aromatic nitrogens is 1. The van der Waals surface area contributed by atoms with Gasteiger partial charge in [-0.1, -0.05) is 35.9 Å². The number of aryl methyl sites for hydroxylation is 1. The van der Waals surface area contributed by atoms with Gasteiger partial charge in [0.1, 0.15) is 0 Å². The second kappa shape index (κ2) is 7.76. The summed E-state index contributed by atoms with van der Waals surface area (Å²) in [5.74, 6) is 0. The van der Waals surface area contributed by atoms with Crippen molar-refractivity contribution in [3.8, 4) is 0 Å². The highest BCUT2D eigenvalue weighted by atomic mass is 16.2. The second-order valence-corrected chi connectivity index (χ2v) is 7.10. The predicted molar refractivity (Wildman–Crippen MR) is 109 cm³/mol. The van der Waals surface area contributed by atoms with Crippen molar-refractivity contribution in [2.45, 2.75) is 13.5 Å². The van der Waals surface area contributed by atoms with Crippen molar-refractivity contribution in [2.24, 2.45) is 0 Å². The Morgan fingerprint density at radius 2 is 1.78 bits per heavy atom. The van der Waals surface area contributed by atoms with Gasteiger partial charge in [-0.3, -0.25) is 9.88 Å². The monoisotopic (exact) mass is 360 g/mol. The molecule has 1 saturated heterocycles. The zero-order valence-electron chi connectivity index (χ0n) is 15.6. The Balaban J connectivity index is 1.31. The molecule has 0 spiro atoms. The summed E-state index contributed by atoms with van der Waals surface area (Å²) in [5, 5.41) is 4.15. The highest BCUT2D eigenvalue weighted by molar-refractivity contribution is 5.89. The summed E-state index contributed by atoms with van der Waals surface area (Å²) in [6.45, 7) is 6.11. The maximum Gasteiger partial charge on any atom is 0.321 e. The van der Waals surface area contributed by atoms with Gasteiger partial charge < -0.3 is 10.2 Å². The molecule has 5 nitrogen and oxygen atoms in total. The van der Waals surface area contributed by atoms with Gasteiger partial charge >= 0.3 is 6.03 Å². The van der Waals surface area contributed by atoms with E-state index >= 15 is 0 Å². The molecule has 0 unspecified atom stereocenters. The lowest BCUT2D eigenvalue weighted by molar-refractivity contribution is 0.143. The minimum absolute atomic E-state index is 0.0223. The molecule has 0 aliphatic carbocycles. The molecule has 3 aromatic rings. The summed E-state index contributed by atoms with van der Waals surface area (Å²) < 4.78 is 0. The van der Waals surface area contributed by atoms with E-state index in [9.17, 15) is 4.79 Å². The van der Waals surface area contributed by atoms with E-state index in [1.807, 2.05) is 60.5 Å². The molecule has 0 saturated carbocycles. The Morgan fingerprint density at radius 3 is 2.56 bits per heavy atom. The average Bonchev–Trinajstić information content (AvgIpc) is 2.70. The molecule has 1 aromatic heterocycles. The first-order valence-electron chi connectivity index (χ1n) is 9.36. The molecule has 1 fully saturated rings. The number of nitrogens with one attached hydrogen (secondary N) is 1. The van der Waals surface area contributed by atoms with Gasteiger partial charge in [0.15, 0.2) is 0 Å². The van der Waals surface area contributed by atoms with Crippen LogP contribution in [0.25, 0.3) is 10.9 Å². The summed E-state index contributed by atoms with van der Waals surface area (Å²) in [4.78, 5) is 21.3. The SMILES string of the molecule is Cc1ccc(NC(=O)N2CCN(Cc3cnc4ccccc4c3)CC2)cc1. The number of para-hydroxylation sites is 1. The van der Waals surface area contributed by atoms with Crippen molar-refractivity contribution in [1.82, 2.24) is 14.8 Å².